The lowest BCUT2D eigenvalue weighted by Gasteiger charge is -2.12. The van der Waals surface area contributed by atoms with E-state index in [1.807, 2.05) is 0 Å². The molecule has 200 valence electrons. The molecule has 0 radical (unpaired) electrons. The van der Waals surface area contributed by atoms with Gasteiger partial charge in [-0.3, -0.25) is 34.7 Å². The van der Waals surface area contributed by atoms with Crippen molar-refractivity contribution in [1.82, 2.24) is 4.90 Å². The van der Waals surface area contributed by atoms with Gasteiger partial charge in [0.25, 0.3) is 16.8 Å². The zero-order valence-electron chi connectivity index (χ0n) is 19.2. The number of carbonyl (C=O) groups excluding carboxylic acids is 2. The molecule has 0 N–H and O–H groups in total. The molecule has 1 aliphatic rings. The Kier molecular flexibility index (Phi) is 7.74. The summed E-state index contributed by atoms with van der Waals surface area (Å²) in [5, 5.41) is 22.0. The number of ether oxygens (including phenoxy) is 1. The van der Waals surface area contributed by atoms with Crippen LogP contribution in [0.4, 0.5) is 29.3 Å². The number of imide groups is 1. The first-order valence-corrected chi connectivity index (χ1v) is 12.3. The summed E-state index contributed by atoms with van der Waals surface area (Å²) < 4.78 is 44.6. The third-order valence-electron chi connectivity index (χ3n) is 5.35. The molecule has 3 aromatic rings. The van der Waals surface area contributed by atoms with Crippen LogP contribution in [-0.4, -0.2) is 25.9 Å². The smallest absolute Gasteiger partial charge is 0.416 e. The Labute approximate surface area is 229 Å². The lowest BCUT2D eigenvalue weighted by molar-refractivity contribution is -0.385. The maximum Gasteiger partial charge on any atom is 0.416 e. The van der Waals surface area contributed by atoms with Crippen molar-refractivity contribution in [3.63, 3.8) is 0 Å². The number of carbonyl (C=O) groups is 2. The molecule has 1 heterocycles. The Hall–Kier alpha value is -4.24. The Morgan fingerprint density at radius 2 is 1.62 bits per heavy atom. The number of hydrogen-bond donors (Lipinski definition) is 0. The van der Waals surface area contributed by atoms with Gasteiger partial charge < -0.3 is 4.74 Å². The van der Waals surface area contributed by atoms with E-state index in [0.717, 1.165) is 11.0 Å². The second kappa shape index (κ2) is 10.9. The number of benzene rings is 3. The molecule has 0 atom stereocenters. The lowest BCUT2D eigenvalue weighted by Crippen LogP contribution is -2.27. The highest BCUT2D eigenvalue weighted by Crippen LogP contribution is 2.40. The molecular formula is C24H13BrF3N3O7S. The highest BCUT2D eigenvalue weighted by molar-refractivity contribution is 9.10. The molecule has 4 rings (SSSR count). The molecule has 2 amide bonds. The van der Waals surface area contributed by atoms with Gasteiger partial charge >= 0.3 is 11.9 Å². The third kappa shape index (κ3) is 6.09. The predicted octanol–water partition coefficient (Wildman–Crippen LogP) is 7.31. The van der Waals surface area contributed by atoms with Gasteiger partial charge in [0.1, 0.15) is 5.75 Å². The van der Waals surface area contributed by atoms with E-state index in [0.29, 0.717) is 29.5 Å². The molecule has 3 aromatic carbocycles. The Morgan fingerprint density at radius 3 is 2.26 bits per heavy atom. The normalized spacial score (nSPS) is 14.7. The van der Waals surface area contributed by atoms with E-state index >= 15 is 0 Å². The second-order valence-corrected chi connectivity index (χ2v) is 9.73. The average Bonchev–Trinajstić information content (AvgIpc) is 3.12. The van der Waals surface area contributed by atoms with Crippen molar-refractivity contribution in [1.29, 1.82) is 0 Å². The van der Waals surface area contributed by atoms with Gasteiger partial charge in [0.15, 0.2) is 0 Å². The van der Waals surface area contributed by atoms with Crippen molar-refractivity contribution in [2.45, 2.75) is 12.7 Å². The molecule has 0 spiro atoms. The summed E-state index contributed by atoms with van der Waals surface area (Å²) in [6.07, 6.45) is -3.37. The molecule has 1 aliphatic heterocycles. The van der Waals surface area contributed by atoms with Crippen LogP contribution in [-0.2, 0) is 17.5 Å². The fraction of sp³-hybridized carbons (Fsp3) is 0.0833. The molecule has 0 bridgehead atoms. The van der Waals surface area contributed by atoms with Gasteiger partial charge in [-0.05, 0) is 63.6 Å². The summed E-state index contributed by atoms with van der Waals surface area (Å²) in [4.78, 5) is 47.2. The number of nitrogens with zero attached hydrogens (tertiary/aromatic N) is 3. The summed E-state index contributed by atoms with van der Waals surface area (Å²) >= 11 is 3.88. The van der Waals surface area contributed by atoms with Crippen LogP contribution in [0.5, 0.6) is 11.5 Å². The molecule has 39 heavy (non-hydrogen) atoms. The minimum absolute atomic E-state index is 0.0412. The van der Waals surface area contributed by atoms with Gasteiger partial charge in [-0.1, -0.05) is 24.3 Å². The van der Waals surface area contributed by atoms with Gasteiger partial charge in [0.05, 0.1) is 31.3 Å². The van der Waals surface area contributed by atoms with Crippen LogP contribution in [0, 0.1) is 20.2 Å². The largest absolute Gasteiger partial charge is 0.449 e. The van der Waals surface area contributed by atoms with E-state index < -0.39 is 44.2 Å². The number of nitro groups is 2. The fourth-order valence-electron chi connectivity index (χ4n) is 3.51. The first kappa shape index (κ1) is 27.8. The maximum absolute atomic E-state index is 12.9. The fourth-order valence-corrected chi connectivity index (χ4v) is 4.83. The standard InChI is InChI=1S/C24H13BrF3N3O7S/c25-16-9-13(5-7-19(16)38-20-8-6-15(24(26,27)28)11-18(20)31(36)37)10-21-22(32)29(23(33)39-21)12-14-3-1-2-4-17(14)30(34)35/h1-11H,12H2/b21-10-. The van der Waals surface area contributed by atoms with Crippen molar-refractivity contribution >= 4 is 56.3 Å². The van der Waals surface area contributed by atoms with Crippen molar-refractivity contribution < 1.29 is 37.3 Å². The van der Waals surface area contributed by atoms with Crippen LogP contribution < -0.4 is 4.74 Å². The summed E-state index contributed by atoms with van der Waals surface area (Å²) in [6.45, 7) is -0.290. The van der Waals surface area contributed by atoms with Crippen molar-refractivity contribution in [2.75, 3.05) is 0 Å². The van der Waals surface area contributed by atoms with Gasteiger partial charge in [0.2, 0.25) is 5.75 Å². The summed E-state index contributed by atoms with van der Waals surface area (Å²) in [5.74, 6) is -1.03. The average molecular weight is 624 g/mol. The molecule has 0 aromatic heterocycles. The van der Waals surface area contributed by atoms with E-state index in [9.17, 15) is 43.0 Å². The summed E-state index contributed by atoms with van der Waals surface area (Å²) in [5.41, 5.74) is -1.70. The van der Waals surface area contributed by atoms with E-state index in [2.05, 4.69) is 15.9 Å². The zero-order chi connectivity index (χ0) is 28.5. The number of halogens is 4. The third-order valence-corrected chi connectivity index (χ3v) is 6.87. The number of amides is 2. The molecule has 0 saturated carbocycles. The molecule has 0 unspecified atom stereocenters. The highest BCUT2D eigenvalue weighted by Gasteiger charge is 2.36. The van der Waals surface area contributed by atoms with Crippen LogP contribution in [0.2, 0.25) is 0 Å². The molecule has 15 heteroatoms. The van der Waals surface area contributed by atoms with E-state index in [1.54, 1.807) is 6.07 Å². The Balaban J connectivity index is 1.55. The van der Waals surface area contributed by atoms with Crippen LogP contribution in [0.15, 0.2) is 70.0 Å². The van der Waals surface area contributed by atoms with Crippen molar-refractivity contribution in [3.05, 3.63) is 107 Å². The zero-order valence-corrected chi connectivity index (χ0v) is 21.6. The molecule has 10 nitrogen and oxygen atoms in total. The SMILES string of the molecule is O=C1S/C(=C\c2ccc(Oc3ccc(C(F)(F)F)cc3[N+](=O)[O-])c(Br)c2)C(=O)N1Cc1ccccc1[N+](=O)[O-]. The lowest BCUT2D eigenvalue weighted by atomic mass is 10.1. The van der Waals surface area contributed by atoms with Crippen LogP contribution in [0.1, 0.15) is 16.7 Å². The van der Waals surface area contributed by atoms with Crippen molar-refractivity contribution in [2.24, 2.45) is 0 Å². The number of nitro benzene ring substituents is 2. The number of thioether (sulfide) groups is 1. The van der Waals surface area contributed by atoms with Gasteiger partial charge in [0, 0.05) is 17.7 Å². The number of hydrogen-bond acceptors (Lipinski definition) is 8. The number of rotatable bonds is 7. The number of alkyl halides is 3. The van der Waals surface area contributed by atoms with Gasteiger partial charge in [-0.15, -0.1) is 0 Å². The van der Waals surface area contributed by atoms with Gasteiger partial charge in [-0.25, -0.2) is 0 Å². The first-order chi connectivity index (χ1) is 18.3. The van der Waals surface area contributed by atoms with E-state index in [-0.39, 0.29) is 32.9 Å². The topological polar surface area (TPSA) is 133 Å². The molecule has 1 saturated heterocycles. The molecule has 0 aliphatic carbocycles. The minimum atomic E-state index is -4.78. The van der Waals surface area contributed by atoms with Crippen LogP contribution in [0.25, 0.3) is 6.08 Å². The first-order valence-electron chi connectivity index (χ1n) is 10.7. The second-order valence-electron chi connectivity index (χ2n) is 7.88. The summed E-state index contributed by atoms with van der Waals surface area (Å²) in [7, 11) is 0. The Bertz CT molecular complexity index is 1560. The Morgan fingerprint density at radius 1 is 0.949 bits per heavy atom. The minimum Gasteiger partial charge on any atom is -0.449 e. The quantitative estimate of drug-likeness (QED) is 0.152. The monoisotopic (exact) mass is 623 g/mol. The van der Waals surface area contributed by atoms with Crippen LogP contribution >= 0.6 is 27.7 Å². The van der Waals surface area contributed by atoms with E-state index in [4.69, 9.17) is 4.74 Å². The molecular weight excluding hydrogens is 611 g/mol. The van der Waals surface area contributed by atoms with Gasteiger partial charge in [-0.2, -0.15) is 13.2 Å². The highest BCUT2D eigenvalue weighted by atomic mass is 79.9. The van der Waals surface area contributed by atoms with Crippen LogP contribution in [0.3, 0.4) is 0 Å². The maximum atomic E-state index is 12.9. The predicted molar refractivity (Wildman–Crippen MR) is 137 cm³/mol. The molecule has 1 fully saturated rings. The number of para-hydroxylation sites is 1. The summed E-state index contributed by atoms with van der Waals surface area (Å²) in [6, 6.07) is 11.9. The van der Waals surface area contributed by atoms with E-state index in [1.165, 1.54) is 42.5 Å². The van der Waals surface area contributed by atoms with Crippen molar-refractivity contribution in [3.8, 4) is 11.5 Å².